The molecule has 0 amide bonds. The van der Waals surface area contributed by atoms with Crippen LogP contribution < -0.4 is 5.73 Å². The van der Waals surface area contributed by atoms with E-state index in [1.807, 2.05) is 19.9 Å². The van der Waals surface area contributed by atoms with Crippen LogP contribution in [0.3, 0.4) is 0 Å². The smallest absolute Gasteiger partial charge is 0.335 e. The lowest BCUT2D eigenvalue weighted by Gasteiger charge is -2.37. The molecule has 0 saturated carbocycles. The maximum Gasteiger partial charge on any atom is 0.335 e. The van der Waals surface area contributed by atoms with Gasteiger partial charge in [0, 0.05) is 18.4 Å². The van der Waals surface area contributed by atoms with Gasteiger partial charge in [0.05, 0.1) is 11.5 Å². The maximum atomic E-state index is 12.8. The molecule has 1 unspecified atom stereocenters. The summed E-state index contributed by atoms with van der Waals surface area (Å²) in [5.41, 5.74) is 6.85. The van der Waals surface area contributed by atoms with Gasteiger partial charge in [-0.05, 0) is 23.1 Å². The fraction of sp³-hybridized carbons (Fsp3) is 0.316. The number of rotatable bonds is 2. The van der Waals surface area contributed by atoms with E-state index in [4.69, 9.17) is 10.5 Å². The minimum absolute atomic E-state index is 0.0301. The molecule has 0 bridgehead atoms. The average Bonchev–Trinajstić information content (AvgIpc) is 2.52. The molecule has 1 aromatic carbocycles. The Hall–Kier alpha value is -3.07. The van der Waals surface area contributed by atoms with Crippen molar-refractivity contribution in [1.29, 1.82) is 5.26 Å². The molecule has 1 heterocycles. The number of carboxylic acids is 1. The van der Waals surface area contributed by atoms with E-state index in [-0.39, 0.29) is 28.2 Å². The number of hydrogen-bond acceptors (Lipinski definition) is 5. The fourth-order valence-corrected chi connectivity index (χ4v) is 3.47. The van der Waals surface area contributed by atoms with Crippen LogP contribution in [0.5, 0.6) is 0 Å². The molecule has 128 valence electrons. The number of nitrogens with zero attached hydrogens (tertiary/aromatic N) is 1. The summed E-state index contributed by atoms with van der Waals surface area (Å²) in [7, 11) is 0. The van der Waals surface area contributed by atoms with Crippen LogP contribution >= 0.6 is 0 Å². The predicted octanol–water partition coefficient (Wildman–Crippen LogP) is 2.84. The van der Waals surface area contributed by atoms with Crippen molar-refractivity contribution in [2.45, 2.75) is 32.6 Å². The van der Waals surface area contributed by atoms with Gasteiger partial charge in [0.1, 0.15) is 17.4 Å². The number of aromatic carboxylic acids is 1. The number of carbonyl (C=O) groups excluding carboxylic acids is 1. The van der Waals surface area contributed by atoms with Crippen molar-refractivity contribution in [3.8, 4) is 6.07 Å². The van der Waals surface area contributed by atoms with Crippen LogP contribution in [0, 0.1) is 16.7 Å². The number of nitrogens with two attached hydrogens (primary N) is 1. The summed E-state index contributed by atoms with van der Waals surface area (Å²) in [6.07, 6.45) is 0.867. The highest BCUT2D eigenvalue weighted by molar-refractivity contribution is 6.00. The van der Waals surface area contributed by atoms with Gasteiger partial charge in [-0.1, -0.05) is 26.0 Å². The van der Waals surface area contributed by atoms with Crippen molar-refractivity contribution < 1.29 is 19.4 Å². The predicted molar refractivity (Wildman–Crippen MR) is 89.1 cm³/mol. The van der Waals surface area contributed by atoms with Gasteiger partial charge in [-0.15, -0.1) is 0 Å². The number of hydrogen-bond donors (Lipinski definition) is 2. The number of benzene rings is 1. The second-order valence-electron chi connectivity index (χ2n) is 7.13. The molecule has 3 N–H and O–H groups in total. The Kier molecular flexibility index (Phi) is 3.88. The molecule has 0 fully saturated rings. The molecule has 0 radical (unpaired) electrons. The molecule has 0 spiro atoms. The molecule has 1 aliphatic heterocycles. The van der Waals surface area contributed by atoms with Crippen LogP contribution in [-0.4, -0.2) is 16.9 Å². The quantitative estimate of drug-likeness (QED) is 0.857. The van der Waals surface area contributed by atoms with Crippen LogP contribution in [0.1, 0.15) is 48.5 Å². The Morgan fingerprint density at radius 1 is 1.40 bits per heavy atom. The highest BCUT2D eigenvalue weighted by Crippen LogP contribution is 2.47. The Labute approximate surface area is 145 Å². The summed E-state index contributed by atoms with van der Waals surface area (Å²) in [5.74, 6) is -1.43. The second kappa shape index (κ2) is 5.78. The van der Waals surface area contributed by atoms with Gasteiger partial charge in [0.15, 0.2) is 5.78 Å². The first-order valence-corrected chi connectivity index (χ1v) is 7.90. The zero-order chi connectivity index (χ0) is 18.4. The summed E-state index contributed by atoms with van der Waals surface area (Å²) in [5, 5.41) is 18.8. The summed E-state index contributed by atoms with van der Waals surface area (Å²) >= 11 is 0. The SMILES string of the molecule is CC1(C)CC(=O)C2=C(C1)OC(N)=C(C#N)C2c1cccc(C(=O)O)c1. The topological polar surface area (TPSA) is 113 Å². The van der Waals surface area contributed by atoms with E-state index in [2.05, 4.69) is 0 Å². The van der Waals surface area contributed by atoms with Crippen molar-refractivity contribution in [3.05, 3.63) is 58.2 Å². The molecule has 3 rings (SSSR count). The highest BCUT2D eigenvalue weighted by atomic mass is 16.5. The minimum atomic E-state index is -1.07. The van der Waals surface area contributed by atoms with Crippen LogP contribution in [0.2, 0.25) is 0 Å². The van der Waals surface area contributed by atoms with Crippen molar-refractivity contribution in [1.82, 2.24) is 0 Å². The number of carbonyl (C=O) groups is 2. The van der Waals surface area contributed by atoms with E-state index in [0.717, 1.165) is 0 Å². The van der Waals surface area contributed by atoms with Crippen LogP contribution in [0.25, 0.3) is 0 Å². The standard InChI is InChI=1S/C19H18N2O4/c1-19(2)7-13(22)16-14(8-19)25-17(21)12(9-20)15(16)10-4-3-5-11(6-10)18(23)24/h3-6,15H,7-8,21H2,1-2H3,(H,23,24). The number of ketones is 1. The van der Waals surface area contributed by atoms with Gasteiger partial charge >= 0.3 is 5.97 Å². The minimum Gasteiger partial charge on any atom is -0.478 e. The largest absolute Gasteiger partial charge is 0.478 e. The summed E-state index contributed by atoms with van der Waals surface area (Å²) in [4.78, 5) is 24.1. The van der Waals surface area contributed by atoms with Crippen LogP contribution in [0.15, 0.2) is 47.1 Å². The van der Waals surface area contributed by atoms with Gasteiger partial charge in [-0.2, -0.15) is 5.26 Å². The van der Waals surface area contributed by atoms with Crippen molar-refractivity contribution in [3.63, 3.8) is 0 Å². The number of Topliss-reactive ketones (excluding diaryl/α,β-unsaturated/α-hetero) is 1. The molecular formula is C19H18N2O4. The van der Waals surface area contributed by atoms with E-state index in [1.165, 1.54) is 12.1 Å². The summed E-state index contributed by atoms with van der Waals surface area (Å²) in [6.45, 7) is 3.94. The normalized spacial score (nSPS) is 22.1. The second-order valence-corrected chi connectivity index (χ2v) is 7.13. The zero-order valence-electron chi connectivity index (χ0n) is 14.0. The third-order valence-corrected chi connectivity index (χ3v) is 4.54. The lowest BCUT2D eigenvalue weighted by molar-refractivity contribution is -0.119. The number of carboxylic acid groups (broad SMARTS) is 1. The Bertz CT molecular complexity index is 887. The Morgan fingerprint density at radius 3 is 2.76 bits per heavy atom. The first-order chi connectivity index (χ1) is 11.7. The lowest BCUT2D eigenvalue weighted by Crippen LogP contribution is -2.33. The summed E-state index contributed by atoms with van der Waals surface area (Å²) < 4.78 is 5.61. The van der Waals surface area contributed by atoms with Crippen molar-refractivity contribution in [2.75, 3.05) is 0 Å². The van der Waals surface area contributed by atoms with Gasteiger partial charge in [0.2, 0.25) is 5.88 Å². The summed E-state index contributed by atoms with van der Waals surface area (Å²) in [6, 6.07) is 8.25. The molecule has 0 saturated heterocycles. The first kappa shape index (κ1) is 16.8. The molecule has 25 heavy (non-hydrogen) atoms. The van der Waals surface area contributed by atoms with Gasteiger partial charge in [-0.25, -0.2) is 4.79 Å². The Morgan fingerprint density at radius 2 is 2.12 bits per heavy atom. The van der Waals surface area contributed by atoms with Crippen molar-refractivity contribution in [2.24, 2.45) is 11.1 Å². The molecule has 6 heteroatoms. The molecule has 6 nitrogen and oxygen atoms in total. The first-order valence-electron chi connectivity index (χ1n) is 7.90. The van der Waals surface area contributed by atoms with Gasteiger partial charge in [-0.3, -0.25) is 4.79 Å². The van der Waals surface area contributed by atoms with Crippen molar-refractivity contribution >= 4 is 11.8 Å². The van der Waals surface area contributed by atoms with E-state index in [9.17, 15) is 20.0 Å². The fourth-order valence-electron chi connectivity index (χ4n) is 3.47. The Balaban J connectivity index is 2.20. The monoisotopic (exact) mass is 338 g/mol. The molecular weight excluding hydrogens is 320 g/mol. The molecule has 0 aromatic heterocycles. The van der Waals surface area contributed by atoms with Crippen LogP contribution in [0.4, 0.5) is 0 Å². The third-order valence-electron chi connectivity index (χ3n) is 4.54. The molecule has 1 aliphatic carbocycles. The maximum absolute atomic E-state index is 12.8. The number of nitriles is 1. The lowest BCUT2D eigenvalue weighted by atomic mass is 9.70. The van der Waals surface area contributed by atoms with E-state index < -0.39 is 11.9 Å². The average molecular weight is 338 g/mol. The molecule has 2 aliphatic rings. The third kappa shape index (κ3) is 2.89. The van der Waals surface area contributed by atoms with Gasteiger partial charge < -0.3 is 15.6 Å². The van der Waals surface area contributed by atoms with Gasteiger partial charge in [0.25, 0.3) is 0 Å². The molecule has 1 aromatic rings. The van der Waals surface area contributed by atoms with Crippen LogP contribution in [-0.2, 0) is 9.53 Å². The molecule has 1 atom stereocenters. The zero-order valence-corrected chi connectivity index (χ0v) is 14.0. The van der Waals surface area contributed by atoms with E-state index >= 15 is 0 Å². The van der Waals surface area contributed by atoms with E-state index in [1.54, 1.807) is 12.1 Å². The highest BCUT2D eigenvalue weighted by Gasteiger charge is 2.43. The number of ether oxygens (including phenoxy) is 1. The number of allylic oxidation sites excluding steroid dienone is 3. The van der Waals surface area contributed by atoms with E-state index in [0.29, 0.717) is 29.7 Å².